The number of rotatable bonds is 4. The van der Waals surface area contributed by atoms with Crippen molar-refractivity contribution in [3.05, 3.63) is 34.9 Å². The van der Waals surface area contributed by atoms with Crippen LogP contribution in [0.15, 0.2) is 24.3 Å². The summed E-state index contributed by atoms with van der Waals surface area (Å²) in [5, 5.41) is 0.638. The lowest BCUT2D eigenvalue weighted by Crippen LogP contribution is -2.50. The van der Waals surface area contributed by atoms with Gasteiger partial charge < -0.3 is 4.90 Å². The lowest BCUT2D eigenvalue weighted by Gasteiger charge is -2.34. The zero-order chi connectivity index (χ0) is 14.8. The fourth-order valence-corrected chi connectivity index (χ4v) is 2.77. The van der Waals surface area contributed by atoms with E-state index in [0.29, 0.717) is 23.0 Å². The largest absolute Gasteiger partial charge is 0.340 e. The molecule has 2 aliphatic rings. The van der Waals surface area contributed by atoms with Crippen LogP contribution < -0.4 is 0 Å². The second-order valence-electron chi connectivity index (χ2n) is 5.81. The minimum Gasteiger partial charge on any atom is -0.340 e. The predicted octanol–water partition coefficient (Wildman–Crippen LogP) is 2.08. The molecular weight excluding hydrogens is 288 g/mol. The first-order valence-corrected chi connectivity index (χ1v) is 7.81. The second-order valence-corrected chi connectivity index (χ2v) is 6.24. The number of amides is 1. The zero-order valence-corrected chi connectivity index (χ0v) is 12.7. The third-order valence-electron chi connectivity index (χ3n) is 4.14. The van der Waals surface area contributed by atoms with Gasteiger partial charge in [0.2, 0.25) is 5.91 Å². The highest BCUT2D eigenvalue weighted by molar-refractivity contribution is 6.30. The summed E-state index contributed by atoms with van der Waals surface area (Å²) in [4.78, 5) is 28.2. The van der Waals surface area contributed by atoms with Crippen LogP contribution >= 0.6 is 11.6 Å². The molecule has 1 amide bonds. The molecule has 1 aliphatic heterocycles. The Morgan fingerprint density at radius 2 is 1.67 bits per heavy atom. The van der Waals surface area contributed by atoms with Crippen molar-refractivity contribution in [3.63, 3.8) is 0 Å². The van der Waals surface area contributed by atoms with Crippen molar-refractivity contribution in [2.45, 2.75) is 12.8 Å². The normalized spacial score (nSPS) is 19.6. The van der Waals surface area contributed by atoms with E-state index in [-0.39, 0.29) is 11.7 Å². The first-order chi connectivity index (χ1) is 10.1. The molecular formula is C16H19ClN2O2. The van der Waals surface area contributed by atoms with Gasteiger partial charge >= 0.3 is 0 Å². The summed E-state index contributed by atoms with van der Waals surface area (Å²) >= 11 is 5.83. The van der Waals surface area contributed by atoms with Gasteiger partial charge in [0.15, 0.2) is 5.78 Å². The van der Waals surface area contributed by atoms with Crippen LogP contribution in [0.5, 0.6) is 0 Å². The van der Waals surface area contributed by atoms with Gasteiger partial charge in [-0.15, -0.1) is 0 Å². The number of nitrogens with zero attached hydrogens (tertiary/aromatic N) is 2. The summed E-state index contributed by atoms with van der Waals surface area (Å²) in [6.07, 6.45) is 2.10. The van der Waals surface area contributed by atoms with Gasteiger partial charge in [0.25, 0.3) is 0 Å². The number of benzene rings is 1. The molecule has 1 aromatic carbocycles. The summed E-state index contributed by atoms with van der Waals surface area (Å²) in [6, 6.07) is 7.00. The molecule has 112 valence electrons. The summed E-state index contributed by atoms with van der Waals surface area (Å²) in [7, 11) is 0. The van der Waals surface area contributed by atoms with Gasteiger partial charge in [-0.05, 0) is 37.1 Å². The first kappa shape index (κ1) is 14.5. The molecule has 0 radical (unpaired) electrons. The van der Waals surface area contributed by atoms with Crippen molar-refractivity contribution in [1.82, 2.24) is 9.80 Å². The van der Waals surface area contributed by atoms with E-state index in [2.05, 4.69) is 4.90 Å². The molecule has 0 aromatic heterocycles. The maximum absolute atomic E-state index is 12.2. The molecule has 2 fully saturated rings. The molecule has 1 saturated heterocycles. The monoisotopic (exact) mass is 306 g/mol. The van der Waals surface area contributed by atoms with Gasteiger partial charge in [-0.2, -0.15) is 0 Å². The van der Waals surface area contributed by atoms with E-state index >= 15 is 0 Å². The van der Waals surface area contributed by atoms with Crippen molar-refractivity contribution < 1.29 is 9.59 Å². The van der Waals surface area contributed by atoms with E-state index in [1.54, 1.807) is 24.3 Å². The number of halogens is 1. The minimum absolute atomic E-state index is 0.105. The van der Waals surface area contributed by atoms with Gasteiger partial charge in [-0.25, -0.2) is 0 Å². The van der Waals surface area contributed by atoms with Crippen molar-refractivity contribution >= 4 is 23.3 Å². The smallest absolute Gasteiger partial charge is 0.225 e. The Balaban J connectivity index is 1.49. The molecule has 3 rings (SSSR count). The molecule has 1 heterocycles. The lowest BCUT2D eigenvalue weighted by molar-refractivity contribution is -0.134. The van der Waals surface area contributed by atoms with E-state index in [4.69, 9.17) is 11.6 Å². The van der Waals surface area contributed by atoms with Crippen LogP contribution in [0.1, 0.15) is 23.2 Å². The third kappa shape index (κ3) is 3.63. The molecule has 1 aliphatic carbocycles. The highest BCUT2D eigenvalue weighted by Gasteiger charge is 2.34. The van der Waals surface area contributed by atoms with Crippen molar-refractivity contribution in [1.29, 1.82) is 0 Å². The Labute approximate surface area is 129 Å². The summed E-state index contributed by atoms with van der Waals surface area (Å²) in [6.45, 7) is 3.44. The Morgan fingerprint density at radius 1 is 1.05 bits per heavy atom. The lowest BCUT2D eigenvalue weighted by atomic mass is 10.1. The summed E-state index contributed by atoms with van der Waals surface area (Å²) < 4.78 is 0. The molecule has 1 aromatic rings. The Morgan fingerprint density at radius 3 is 2.24 bits per heavy atom. The molecule has 4 nitrogen and oxygen atoms in total. The van der Waals surface area contributed by atoms with Gasteiger partial charge in [-0.3, -0.25) is 14.5 Å². The maximum Gasteiger partial charge on any atom is 0.225 e. The average molecular weight is 307 g/mol. The van der Waals surface area contributed by atoms with E-state index < -0.39 is 0 Å². The quantitative estimate of drug-likeness (QED) is 0.800. The Kier molecular flexibility index (Phi) is 4.27. The fourth-order valence-electron chi connectivity index (χ4n) is 2.65. The maximum atomic E-state index is 12.2. The molecule has 0 spiro atoms. The average Bonchev–Trinajstić information content (AvgIpc) is 3.32. The van der Waals surface area contributed by atoms with E-state index in [1.165, 1.54) is 0 Å². The highest BCUT2D eigenvalue weighted by atomic mass is 35.5. The van der Waals surface area contributed by atoms with Gasteiger partial charge in [-0.1, -0.05) is 11.6 Å². The van der Waals surface area contributed by atoms with Crippen molar-refractivity contribution in [2.24, 2.45) is 5.92 Å². The van der Waals surface area contributed by atoms with Gasteiger partial charge in [0, 0.05) is 42.7 Å². The number of piperazine rings is 1. The Bertz CT molecular complexity index is 532. The third-order valence-corrected chi connectivity index (χ3v) is 4.40. The number of carbonyl (C=O) groups excluding carboxylic acids is 2. The van der Waals surface area contributed by atoms with Gasteiger partial charge in [0.1, 0.15) is 0 Å². The molecule has 0 bridgehead atoms. The second kappa shape index (κ2) is 6.16. The number of ketones is 1. The van der Waals surface area contributed by atoms with E-state index in [9.17, 15) is 9.59 Å². The zero-order valence-electron chi connectivity index (χ0n) is 11.9. The molecule has 0 atom stereocenters. The van der Waals surface area contributed by atoms with Crippen LogP contribution in [0.2, 0.25) is 5.02 Å². The van der Waals surface area contributed by atoms with E-state index in [1.807, 2.05) is 4.90 Å². The van der Waals surface area contributed by atoms with Gasteiger partial charge in [0.05, 0.1) is 6.54 Å². The number of Topliss-reactive ketones (excluding diaryl/α,β-unsaturated/α-hetero) is 1. The number of hydrogen-bond donors (Lipinski definition) is 0. The first-order valence-electron chi connectivity index (χ1n) is 7.43. The Hall–Kier alpha value is -1.39. The fraction of sp³-hybridized carbons (Fsp3) is 0.500. The molecule has 21 heavy (non-hydrogen) atoms. The highest BCUT2D eigenvalue weighted by Crippen LogP contribution is 2.31. The van der Waals surface area contributed by atoms with Crippen LogP contribution in [0.25, 0.3) is 0 Å². The van der Waals surface area contributed by atoms with Crippen molar-refractivity contribution in [2.75, 3.05) is 32.7 Å². The van der Waals surface area contributed by atoms with Crippen LogP contribution in [-0.4, -0.2) is 54.2 Å². The topological polar surface area (TPSA) is 40.6 Å². The molecule has 5 heteroatoms. The number of hydrogen-bond acceptors (Lipinski definition) is 3. The van der Waals surface area contributed by atoms with Crippen LogP contribution in [-0.2, 0) is 4.79 Å². The summed E-state index contributed by atoms with van der Waals surface area (Å²) in [5.41, 5.74) is 0.691. The minimum atomic E-state index is 0.105. The number of carbonyl (C=O) groups is 2. The molecule has 1 saturated carbocycles. The predicted molar refractivity (Wildman–Crippen MR) is 81.5 cm³/mol. The van der Waals surface area contributed by atoms with Crippen LogP contribution in [0, 0.1) is 5.92 Å². The van der Waals surface area contributed by atoms with Crippen LogP contribution in [0.4, 0.5) is 0 Å². The molecule has 0 N–H and O–H groups in total. The molecule has 0 unspecified atom stereocenters. The summed E-state index contributed by atoms with van der Waals surface area (Å²) in [5.74, 6) is 0.694. The van der Waals surface area contributed by atoms with Crippen LogP contribution in [0.3, 0.4) is 0 Å². The van der Waals surface area contributed by atoms with E-state index in [0.717, 1.165) is 39.0 Å². The SMILES string of the molecule is O=C(CN1CCN(C(=O)C2CC2)CC1)c1ccc(Cl)cc1. The standard InChI is InChI=1S/C16H19ClN2O2/c17-14-5-3-12(4-6-14)15(20)11-18-7-9-19(10-8-18)16(21)13-1-2-13/h3-6,13H,1-2,7-11H2. The van der Waals surface area contributed by atoms with Crippen molar-refractivity contribution in [3.8, 4) is 0 Å².